The quantitative estimate of drug-likeness (QED) is 0.618. The molecule has 0 spiro atoms. The Hall–Kier alpha value is -3.42. The predicted molar refractivity (Wildman–Crippen MR) is 137 cm³/mol. The van der Waals surface area contributed by atoms with Gasteiger partial charge in [0.2, 0.25) is 0 Å². The zero-order valence-corrected chi connectivity index (χ0v) is 20.4. The first kappa shape index (κ1) is 23.3. The summed E-state index contributed by atoms with van der Waals surface area (Å²) in [5, 5.41) is 0.998. The van der Waals surface area contributed by atoms with Crippen molar-refractivity contribution in [3.8, 4) is 0 Å². The molecular weight excluding hydrogens is 440 g/mol. The molecule has 0 bridgehead atoms. The molecule has 1 unspecified atom stereocenters. The first-order valence-corrected chi connectivity index (χ1v) is 12.2. The van der Waals surface area contributed by atoms with Gasteiger partial charge >= 0.3 is 0 Å². The van der Waals surface area contributed by atoms with E-state index >= 15 is 0 Å². The van der Waals surface area contributed by atoms with Crippen LogP contribution in [0, 0.1) is 0 Å². The predicted octanol–water partition coefficient (Wildman–Crippen LogP) is 3.39. The molecule has 182 valence electrons. The summed E-state index contributed by atoms with van der Waals surface area (Å²) in [5.41, 5.74) is 4.93. The van der Waals surface area contributed by atoms with Crippen LogP contribution in [0.3, 0.4) is 0 Å². The molecule has 1 N–H and O–H groups in total. The maximum absolute atomic E-state index is 13.4. The fourth-order valence-electron chi connectivity index (χ4n) is 4.86. The third-order valence-electron chi connectivity index (χ3n) is 6.77. The summed E-state index contributed by atoms with van der Waals surface area (Å²) in [6.45, 7) is 4.10. The van der Waals surface area contributed by atoms with E-state index in [4.69, 9.17) is 4.74 Å². The van der Waals surface area contributed by atoms with Crippen molar-refractivity contribution in [1.82, 2.24) is 19.7 Å². The fraction of sp³-hybridized carbons (Fsp3) is 0.357. The molecule has 3 aromatic rings. The number of hydrogen-bond acceptors (Lipinski definition) is 4. The average molecular weight is 473 g/mol. The Kier molecular flexibility index (Phi) is 6.70. The van der Waals surface area contributed by atoms with Crippen LogP contribution in [0.5, 0.6) is 0 Å². The Morgan fingerprint density at radius 3 is 2.71 bits per heavy atom. The average Bonchev–Trinajstić information content (AvgIpc) is 3.32. The summed E-state index contributed by atoms with van der Waals surface area (Å²) in [6, 6.07) is 18.4. The molecule has 35 heavy (non-hydrogen) atoms. The lowest BCUT2D eigenvalue weighted by atomic mass is 9.99. The minimum absolute atomic E-state index is 0.0507. The van der Waals surface area contributed by atoms with E-state index in [2.05, 4.69) is 40.2 Å². The highest BCUT2D eigenvalue weighted by Gasteiger charge is 2.31. The standard InChI is InChI=1S/C28H32N4O3/c1-30(2)27(33)25-16-22-11-10-21(15-24(22)29-25)23-9-6-12-32(18-23)28(34)26-19-31(13-14-35-26)17-20-7-4-3-5-8-20/h3-5,7-11,15-16,26,29H,6,12-14,17-19H2,1-2H3. The number of aromatic nitrogens is 1. The van der Waals surface area contributed by atoms with Gasteiger partial charge in [-0.3, -0.25) is 14.5 Å². The number of benzene rings is 2. The number of nitrogens with zero attached hydrogens (tertiary/aromatic N) is 3. The minimum atomic E-state index is -0.433. The molecule has 7 heteroatoms. The van der Waals surface area contributed by atoms with Gasteiger partial charge in [0.25, 0.3) is 11.8 Å². The second-order valence-corrected chi connectivity index (χ2v) is 9.54. The zero-order chi connectivity index (χ0) is 24.4. The molecule has 2 aliphatic heterocycles. The molecule has 7 nitrogen and oxygen atoms in total. The molecule has 0 radical (unpaired) electrons. The van der Waals surface area contributed by atoms with Crippen LogP contribution in [-0.2, 0) is 16.1 Å². The van der Waals surface area contributed by atoms with Crippen LogP contribution >= 0.6 is 0 Å². The number of aromatic amines is 1. The van der Waals surface area contributed by atoms with Crippen molar-refractivity contribution in [2.75, 3.05) is 46.9 Å². The number of fused-ring (bicyclic) bond motifs is 1. The third-order valence-corrected chi connectivity index (χ3v) is 6.77. The largest absolute Gasteiger partial charge is 0.366 e. The molecule has 1 atom stereocenters. The van der Waals surface area contributed by atoms with E-state index in [1.807, 2.05) is 35.2 Å². The zero-order valence-electron chi connectivity index (χ0n) is 20.4. The maximum Gasteiger partial charge on any atom is 0.269 e. The number of carbonyl (C=O) groups is 2. The van der Waals surface area contributed by atoms with Crippen LogP contribution < -0.4 is 0 Å². The summed E-state index contributed by atoms with van der Waals surface area (Å²) >= 11 is 0. The number of ether oxygens (including phenoxy) is 1. The molecular formula is C28H32N4O3. The van der Waals surface area contributed by atoms with Crippen LogP contribution in [0.25, 0.3) is 16.5 Å². The number of nitrogens with one attached hydrogen (secondary N) is 1. The normalized spacial score (nSPS) is 19.0. The van der Waals surface area contributed by atoms with Crippen LogP contribution in [0.15, 0.2) is 60.7 Å². The molecule has 5 rings (SSSR count). The van der Waals surface area contributed by atoms with Gasteiger partial charge in [-0.15, -0.1) is 0 Å². The summed E-state index contributed by atoms with van der Waals surface area (Å²) < 4.78 is 5.91. The van der Waals surface area contributed by atoms with Crippen molar-refractivity contribution >= 4 is 28.3 Å². The Balaban J connectivity index is 1.26. The van der Waals surface area contributed by atoms with E-state index in [9.17, 15) is 9.59 Å². The molecule has 2 aromatic carbocycles. The molecule has 1 fully saturated rings. The molecule has 2 amide bonds. The van der Waals surface area contributed by atoms with Crippen LogP contribution in [0.2, 0.25) is 0 Å². The third kappa shape index (κ3) is 5.16. The molecule has 2 aliphatic rings. The molecule has 1 aromatic heterocycles. The molecule has 0 aliphatic carbocycles. The lowest BCUT2D eigenvalue weighted by molar-refractivity contribution is -0.149. The van der Waals surface area contributed by atoms with Gasteiger partial charge in [-0.1, -0.05) is 48.5 Å². The van der Waals surface area contributed by atoms with E-state index in [1.165, 1.54) is 5.56 Å². The maximum atomic E-state index is 13.4. The van der Waals surface area contributed by atoms with Crippen molar-refractivity contribution in [2.45, 2.75) is 19.1 Å². The Labute approximate surface area is 206 Å². The van der Waals surface area contributed by atoms with E-state index in [-0.39, 0.29) is 11.8 Å². The van der Waals surface area contributed by atoms with Gasteiger partial charge in [-0.25, -0.2) is 0 Å². The van der Waals surface area contributed by atoms with Gasteiger partial charge in [0.1, 0.15) is 11.8 Å². The molecule has 0 saturated carbocycles. The number of hydrogen-bond donors (Lipinski definition) is 1. The summed E-state index contributed by atoms with van der Waals surface area (Å²) in [7, 11) is 3.49. The Bertz CT molecular complexity index is 1250. The highest BCUT2D eigenvalue weighted by atomic mass is 16.5. The van der Waals surface area contributed by atoms with Gasteiger partial charge in [0, 0.05) is 57.7 Å². The van der Waals surface area contributed by atoms with E-state index in [0.29, 0.717) is 31.9 Å². The molecule has 3 heterocycles. The first-order chi connectivity index (χ1) is 17.0. The van der Waals surface area contributed by atoms with Crippen molar-refractivity contribution in [1.29, 1.82) is 0 Å². The molecule has 1 saturated heterocycles. The van der Waals surface area contributed by atoms with Gasteiger partial charge in [0.05, 0.1) is 6.61 Å². The van der Waals surface area contributed by atoms with E-state index < -0.39 is 6.10 Å². The smallest absolute Gasteiger partial charge is 0.269 e. The van der Waals surface area contributed by atoms with Crippen molar-refractivity contribution in [3.63, 3.8) is 0 Å². The number of H-pyrrole nitrogens is 1. The fourth-order valence-corrected chi connectivity index (χ4v) is 4.86. The lowest BCUT2D eigenvalue weighted by Gasteiger charge is -2.36. The summed E-state index contributed by atoms with van der Waals surface area (Å²) in [5.74, 6) is 0.0124. The second-order valence-electron chi connectivity index (χ2n) is 9.54. The SMILES string of the molecule is CN(C)C(=O)c1cc2ccc(C3=CCCN(C(=O)C4CN(Cc5ccccc5)CCO4)C3)cc2[nH]1. The number of rotatable bonds is 5. The van der Waals surface area contributed by atoms with Gasteiger partial charge in [-0.2, -0.15) is 0 Å². The van der Waals surface area contributed by atoms with Crippen LogP contribution in [0.1, 0.15) is 28.0 Å². The topological polar surface area (TPSA) is 68.9 Å². The van der Waals surface area contributed by atoms with E-state index in [1.54, 1.807) is 19.0 Å². The highest BCUT2D eigenvalue weighted by molar-refractivity contribution is 5.98. The number of morpholine rings is 1. The van der Waals surface area contributed by atoms with Gasteiger partial charge < -0.3 is 19.5 Å². The van der Waals surface area contributed by atoms with Gasteiger partial charge in [0.15, 0.2) is 0 Å². The van der Waals surface area contributed by atoms with Gasteiger partial charge in [-0.05, 0) is 35.3 Å². The second kappa shape index (κ2) is 10.1. The monoisotopic (exact) mass is 472 g/mol. The number of carbonyl (C=O) groups excluding carboxylic acids is 2. The van der Waals surface area contributed by atoms with Crippen molar-refractivity contribution < 1.29 is 14.3 Å². The summed E-state index contributed by atoms with van der Waals surface area (Å²) in [6.07, 6.45) is 2.59. The summed E-state index contributed by atoms with van der Waals surface area (Å²) in [4.78, 5) is 34.7. The highest BCUT2D eigenvalue weighted by Crippen LogP contribution is 2.26. The minimum Gasteiger partial charge on any atom is -0.366 e. The van der Waals surface area contributed by atoms with Crippen molar-refractivity contribution in [2.24, 2.45) is 0 Å². The lowest BCUT2D eigenvalue weighted by Crippen LogP contribution is -2.51. The van der Waals surface area contributed by atoms with E-state index in [0.717, 1.165) is 41.5 Å². The van der Waals surface area contributed by atoms with Crippen LogP contribution in [-0.4, -0.2) is 84.5 Å². The Morgan fingerprint density at radius 2 is 1.91 bits per heavy atom. The van der Waals surface area contributed by atoms with Crippen molar-refractivity contribution in [3.05, 3.63) is 77.5 Å². The Morgan fingerprint density at radius 1 is 1.09 bits per heavy atom. The number of amides is 2. The van der Waals surface area contributed by atoms with Crippen LogP contribution in [0.4, 0.5) is 0 Å². The first-order valence-electron chi connectivity index (χ1n) is 12.2.